The third kappa shape index (κ3) is 4.08. The van der Waals surface area contributed by atoms with E-state index in [1.165, 1.54) is 11.3 Å². The van der Waals surface area contributed by atoms with Gasteiger partial charge in [-0.2, -0.15) is 4.98 Å². The molecule has 0 spiro atoms. The Morgan fingerprint density at radius 3 is 2.66 bits per heavy atom. The minimum absolute atomic E-state index is 0.148. The number of carbonyl (C=O) groups is 1. The van der Waals surface area contributed by atoms with Gasteiger partial charge in [-0.25, -0.2) is 9.78 Å². The zero-order chi connectivity index (χ0) is 22.1. The van der Waals surface area contributed by atoms with Crippen LogP contribution in [0.4, 0.5) is 0 Å². The van der Waals surface area contributed by atoms with Crippen molar-refractivity contribution in [2.24, 2.45) is 0 Å². The SMILES string of the molecule is O=C(COc1nc(=O)n(Cc2ccccc2)c2ncn(C3CCCC3)c12)c1ccc(Cl)s1. The van der Waals surface area contributed by atoms with Crippen LogP contribution in [0.2, 0.25) is 4.34 Å². The highest BCUT2D eigenvalue weighted by molar-refractivity contribution is 7.18. The van der Waals surface area contributed by atoms with Crippen molar-refractivity contribution in [2.75, 3.05) is 6.61 Å². The number of benzene rings is 1. The lowest BCUT2D eigenvalue weighted by Crippen LogP contribution is -2.26. The van der Waals surface area contributed by atoms with Gasteiger partial charge in [-0.05, 0) is 30.5 Å². The van der Waals surface area contributed by atoms with E-state index >= 15 is 0 Å². The highest BCUT2D eigenvalue weighted by atomic mass is 35.5. The molecule has 3 heterocycles. The largest absolute Gasteiger partial charge is 0.468 e. The molecular weight excluding hydrogens is 448 g/mol. The van der Waals surface area contributed by atoms with Crippen molar-refractivity contribution in [1.29, 1.82) is 0 Å². The Balaban J connectivity index is 1.54. The third-order valence-electron chi connectivity index (χ3n) is 5.75. The molecule has 0 saturated heterocycles. The maximum Gasteiger partial charge on any atom is 0.352 e. The maximum absolute atomic E-state index is 12.9. The molecule has 4 aromatic rings. The summed E-state index contributed by atoms with van der Waals surface area (Å²) in [6, 6.07) is 13.3. The van der Waals surface area contributed by atoms with E-state index in [-0.39, 0.29) is 24.3 Å². The summed E-state index contributed by atoms with van der Waals surface area (Å²) in [6.07, 6.45) is 6.13. The van der Waals surface area contributed by atoms with Crippen molar-refractivity contribution >= 4 is 39.9 Å². The van der Waals surface area contributed by atoms with Crippen molar-refractivity contribution in [3.05, 3.63) is 74.1 Å². The van der Waals surface area contributed by atoms with Crippen molar-refractivity contribution in [3.63, 3.8) is 0 Å². The van der Waals surface area contributed by atoms with Crippen molar-refractivity contribution in [3.8, 4) is 5.88 Å². The lowest BCUT2D eigenvalue weighted by atomic mass is 10.2. The Labute approximate surface area is 193 Å². The molecule has 1 aliphatic rings. The number of fused-ring (bicyclic) bond motifs is 1. The number of ketones is 1. The van der Waals surface area contributed by atoms with Crippen LogP contribution in [0.25, 0.3) is 11.2 Å². The number of nitrogens with zero attached hydrogens (tertiary/aromatic N) is 4. The fraction of sp³-hybridized carbons (Fsp3) is 0.304. The smallest absolute Gasteiger partial charge is 0.352 e. The van der Waals surface area contributed by atoms with Gasteiger partial charge in [0.1, 0.15) is 5.52 Å². The number of carbonyl (C=O) groups excluding carboxylic acids is 1. The van der Waals surface area contributed by atoms with Crippen LogP contribution >= 0.6 is 22.9 Å². The van der Waals surface area contributed by atoms with Gasteiger partial charge in [-0.15, -0.1) is 11.3 Å². The quantitative estimate of drug-likeness (QED) is 0.366. The van der Waals surface area contributed by atoms with Gasteiger partial charge in [0.2, 0.25) is 11.7 Å². The highest BCUT2D eigenvalue weighted by Crippen LogP contribution is 2.34. The lowest BCUT2D eigenvalue weighted by Gasteiger charge is -2.15. The molecule has 5 rings (SSSR count). The molecule has 3 aromatic heterocycles. The summed E-state index contributed by atoms with van der Waals surface area (Å²) in [4.78, 5) is 34.8. The second kappa shape index (κ2) is 8.88. The fourth-order valence-electron chi connectivity index (χ4n) is 4.18. The minimum Gasteiger partial charge on any atom is -0.468 e. The number of Topliss-reactive ketones (excluding diaryl/α,β-unsaturated/α-hetero) is 1. The molecule has 7 nitrogen and oxygen atoms in total. The molecular formula is C23H21ClN4O3S. The molecule has 0 atom stereocenters. The summed E-state index contributed by atoms with van der Waals surface area (Å²) in [5, 5.41) is 0. The summed E-state index contributed by atoms with van der Waals surface area (Å²) in [6.45, 7) is 0.134. The van der Waals surface area contributed by atoms with Crippen molar-refractivity contribution in [2.45, 2.75) is 38.3 Å². The summed E-state index contributed by atoms with van der Waals surface area (Å²) in [5.41, 5.74) is 1.69. The first-order valence-corrected chi connectivity index (χ1v) is 11.7. The molecule has 0 radical (unpaired) electrons. The van der Waals surface area contributed by atoms with Crippen LogP contribution in [0.15, 0.2) is 53.6 Å². The van der Waals surface area contributed by atoms with E-state index in [0.717, 1.165) is 31.2 Å². The van der Waals surface area contributed by atoms with Crippen molar-refractivity contribution < 1.29 is 9.53 Å². The van der Waals surface area contributed by atoms with Crippen LogP contribution in [0.3, 0.4) is 0 Å². The van der Waals surface area contributed by atoms with Gasteiger partial charge in [0.25, 0.3) is 0 Å². The van der Waals surface area contributed by atoms with E-state index in [1.54, 1.807) is 23.0 Å². The van der Waals surface area contributed by atoms with Crippen molar-refractivity contribution in [1.82, 2.24) is 19.1 Å². The van der Waals surface area contributed by atoms with E-state index < -0.39 is 5.69 Å². The molecule has 0 bridgehead atoms. The highest BCUT2D eigenvalue weighted by Gasteiger charge is 2.24. The number of hydrogen-bond donors (Lipinski definition) is 0. The number of hydrogen-bond acceptors (Lipinski definition) is 6. The Hall–Kier alpha value is -2.97. The molecule has 32 heavy (non-hydrogen) atoms. The van der Waals surface area contributed by atoms with E-state index in [9.17, 15) is 9.59 Å². The van der Waals surface area contributed by atoms with Gasteiger partial charge in [0.15, 0.2) is 12.3 Å². The van der Waals surface area contributed by atoms with Crippen LogP contribution in [-0.2, 0) is 6.54 Å². The minimum atomic E-state index is -0.459. The Morgan fingerprint density at radius 1 is 1.16 bits per heavy atom. The predicted octanol–water partition coefficient (Wildman–Crippen LogP) is 4.73. The number of aromatic nitrogens is 4. The van der Waals surface area contributed by atoms with Crippen LogP contribution in [0, 0.1) is 0 Å². The Bertz CT molecular complexity index is 1320. The first-order chi connectivity index (χ1) is 15.6. The molecule has 1 saturated carbocycles. The summed E-state index contributed by atoms with van der Waals surface area (Å²) in [7, 11) is 0. The molecule has 0 unspecified atom stereocenters. The zero-order valence-electron chi connectivity index (χ0n) is 17.2. The predicted molar refractivity (Wildman–Crippen MR) is 124 cm³/mol. The van der Waals surface area contributed by atoms with Gasteiger partial charge in [-0.1, -0.05) is 54.8 Å². The maximum atomic E-state index is 12.9. The first-order valence-electron chi connectivity index (χ1n) is 10.5. The number of ether oxygens (including phenoxy) is 1. The van der Waals surface area contributed by atoms with Crippen LogP contribution in [0.5, 0.6) is 5.88 Å². The monoisotopic (exact) mass is 468 g/mol. The van der Waals surface area contributed by atoms with E-state index in [1.807, 2.05) is 30.3 Å². The molecule has 1 aliphatic carbocycles. The summed E-state index contributed by atoms with van der Waals surface area (Å²) in [5.74, 6) is -0.0630. The summed E-state index contributed by atoms with van der Waals surface area (Å²) >= 11 is 7.14. The topological polar surface area (TPSA) is 79.0 Å². The number of rotatable bonds is 7. The molecule has 1 aromatic carbocycles. The average Bonchev–Trinajstić information content (AvgIpc) is 3.55. The third-order valence-corrected chi connectivity index (χ3v) is 7.02. The molecule has 0 aliphatic heterocycles. The molecule has 1 fully saturated rings. The number of halogens is 1. The van der Waals surface area contributed by atoms with E-state index in [4.69, 9.17) is 16.3 Å². The van der Waals surface area contributed by atoms with E-state index in [0.29, 0.717) is 26.9 Å². The fourth-order valence-corrected chi connectivity index (χ4v) is 5.15. The van der Waals surface area contributed by atoms with Crippen LogP contribution in [0.1, 0.15) is 47.0 Å². The zero-order valence-corrected chi connectivity index (χ0v) is 18.8. The van der Waals surface area contributed by atoms with Gasteiger partial charge in [-0.3, -0.25) is 9.36 Å². The van der Waals surface area contributed by atoms with E-state index in [2.05, 4.69) is 14.5 Å². The summed E-state index contributed by atoms with van der Waals surface area (Å²) < 4.78 is 9.97. The Kier molecular flexibility index (Phi) is 5.80. The van der Waals surface area contributed by atoms with Gasteiger partial charge < -0.3 is 9.30 Å². The molecule has 164 valence electrons. The molecule has 9 heteroatoms. The standard InChI is InChI=1S/C23H21ClN4O3S/c24-19-11-10-18(32-19)17(29)13-31-22-20-21(25-14-28(20)16-8-4-5-9-16)27(23(30)26-22)12-15-6-2-1-3-7-15/h1-3,6-7,10-11,14,16H,4-5,8-9,12-13H2. The molecule has 0 amide bonds. The van der Waals surface area contributed by atoms with Gasteiger partial charge in [0, 0.05) is 6.04 Å². The molecule has 0 N–H and O–H groups in total. The normalized spacial score (nSPS) is 14.3. The Morgan fingerprint density at radius 2 is 1.94 bits per heavy atom. The second-order valence-corrected chi connectivity index (χ2v) is 9.56. The van der Waals surface area contributed by atoms with Crippen LogP contribution < -0.4 is 10.4 Å². The lowest BCUT2D eigenvalue weighted by molar-refractivity contribution is 0.0922. The average molecular weight is 469 g/mol. The number of thiophene rings is 1. The second-order valence-electron chi connectivity index (χ2n) is 7.85. The first kappa shape index (κ1) is 20.9. The number of imidazole rings is 1. The van der Waals surface area contributed by atoms with Crippen LogP contribution in [-0.4, -0.2) is 31.5 Å². The van der Waals surface area contributed by atoms with Gasteiger partial charge in [0.05, 0.1) is 22.1 Å². The van der Waals surface area contributed by atoms with Gasteiger partial charge >= 0.3 is 5.69 Å².